The molecule has 0 unspecified atom stereocenters. The summed E-state index contributed by atoms with van der Waals surface area (Å²) in [5, 5.41) is 2.99. The van der Waals surface area contributed by atoms with Crippen LogP contribution in [0.4, 0.5) is 0 Å². The van der Waals surface area contributed by atoms with Crippen LogP contribution in [0.15, 0.2) is 23.1 Å². The minimum absolute atomic E-state index is 0.0176. The number of nitrogens with one attached hydrogen (secondary N) is 1. The second kappa shape index (κ2) is 6.57. The second-order valence-electron chi connectivity index (χ2n) is 3.98. The van der Waals surface area contributed by atoms with Crippen molar-refractivity contribution in [1.29, 1.82) is 0 Å². The van der Waals surface area contributed by atoms with E-state index in [2.05, 4.69) is 11.2 Å². The molecular formula is C13H18N2O3S. The van der Waals surface area contributed by atoms with Gasteiger partial charge in [0.25, 0.3) is 0 Å². The van der Waals surface area contributed by atoms with Gasteiger partial charge in [-0.1, -0.05) is 12.0 Å². The molecule has 1 aromatic rings. The van der Waals surface area contributed by atoms with Crippen LogP contribution < -0.4 is 10.1 Å². The summed E-state index contributed by atoms with van der Waals surface area (Å²) in [6.07, 6.45) is 5.14. The van der Waals surface area contributed by atoms with Gasteiger partial charge in [0.1, 0.15) is 10.6 Å². The molecule has 1 rings (SSSR count). The molecule has 0 heterocycles. The first-order valence-corrected chi connectivity index (χ1v) is 7.12. The molecule has 5 nitrogen and oxygen atoms in total. The Balaban J connectivity index is 3.24. The van der Waals surface area contributed by atoms with Crippen molar-refractivity contribution in [2.45, 2.75) is 11.4 Å². The van der Waals surface area contributed by atoms with Crippen LogP contribution in [-0.4, -0.2) is 40.5 Å². The van der Waals surface area contributed by atoms with Crippen molar-refractivity contribution in [3.8, 4) is 18.1 Å². The number of rotatable bonds is 6. The minimum Gasteiger partial charge on any atom is -0.495 e. The molecule has 6 heteroatoms. The normalized spacial score (nSPS) is 11.3. The Kier molecular flexibility index (Phi) is 5.36. The Morgan fingerprint density at radius 1 is 1.47 bits per heavy atom. The van der Waals surface area contributed by atoms with E-state index in [0.717, 1.165) is 9.87 Å². The zero-order valence-electron chi connectivity index (χ0n) is 11.3. The molecule has 0 radical (unpaired) electrons. The van der Waals surface area contributed by atoms with E-state index < -0.39 is 10.0 Å². The van der Waals surface area contributed by atoms with E-state index in [0.29, 0.717) is 12.3 Å². The van der Waals surface area contributed by atoms with Crippen LogP contribution in [0.25, 0.3) is 0 Å². The molecule has 0 saturated heterocycles. The van der Waals surface area contributed by atoms with Crippen molar-refractivity contribution >= 4 is 10.0 Å². The number of nitrogens with zero attached hydrogens (tertiary/aromatic N) is 1. The lowest BCUT2D eigenvalue weighted by molar-refractivity contribution is 0.399. The van der Waals surface area contributed by atoms with Crippen molar-refractivity contribution in [2.75, 3.05) is 27.7 Å². The van der Waals surface area contributed by atoms with Crippen LogP contribution in [0.1, 0.15) is 5.56 Å². The largest absolute Gasteiger partial charge is 0.495 e. The summed E-state index contributed by atoms with van der Waals surface area (Å²) in [6.45, 7) is 0.653. The summed E-state index contributed by atoms with van der Waals surface area (Å²) >= 11 is 0. The summed E-state index contributed by atoms with van der Waals surface area (Å²) in [5.41, 5.74) is 0.943. The third kappa shape index (κ3) is 3.47. The number of sulfonamides is 1. The first-order chi connectivity index (χ1) is 8.97. The van der Waals surface area contributed by atoms with Crippen LogP contribution in [0.2, 0.25) is 0 Å². The molecule has 0 amide bonds. The molecule has 19 heavy (non-hydrogen) atoms. The summed E-state index contributed by atoms with van der Waals surface area (Å²) < 4.78 is 30.9. The molecule has 104 valence electrons. The van der Waals surface area contributed by atoms with Gasteiger partial charge in [0.15, 0.2) is 0 Å². The van der Waals surface area contributed by atoms with E-state index in [4.69, 9.17) is 11.2 Å². The molecule has 0 fully saturated rings. The van der Waals surface area contributed by atoms with Crippen LogP contribution in [0.3, 0.4) is 0 Å². The smallest absolute Gasteiger partial charge is 0.247 e. The maximum absolute atomic E-state index is 12.3. The van der Waals surface area contributed by atoms with E-state index >= 15 is 0 Å². The van der Waals surface area contributed by atoms with E-state index in [1.807, 2.05) is 7.05 Å². The standard InChI is InChI=1S/C13H18N2O3S/c1-5-8-15(3)19(16,17)13-7-6-11(10-14-2)9-12(13)18-4/h1,6-7,9,14H,8,10H2,2-4H3. The zero-order valence-corrected chi connectivity index (χ0v) is 12.1. The molecule has 1 N–H and O–H groups in total. The summed E-state index contributed by atoms with van der Waals surface area (Å²) in [4.78, 5) is 0.118. The number of methoxy groups -OCH3 is 1. The van der Waals surface area contributed by atoms with Crippen LogP contribution >= 0.6 is 0 Å². The predicted octanol–water partition coefficient (Wildman–Crippen LogP) is 0.668. The van der Waals surface area contributed by atoms with Gasteiger partial charge >= 0.3 is 0 Å². The highest BCUT2D eigenvalue weighted by molar-refractivity contribution is 7.89. The molecule has 0 atom stereocenters. The predicted molar refractivity (Wildman–Crippen MR) is 74.4 cm³/mol. The number of hydrogen-bond acceptors (Lipinski definition) is 4. The SMILES string of the molecule is C#CCN(C)S(=O)(=O)c1ccc(CNC)cc1OC. The summed E-state index contributed by atoms with van der Waals surface area (Å²) in [7, 11) is 1.07. The van der Waals surface area contributed by atoms with Crippen molar-refractivity contribution in [3.63, 3.8) is 0 Å². The Morgan fingerprint density at radius 2 is 2.16 bits per heavy atom. The van der Waals surface area contributed by atoms with E-state index in [-0.39, 0.29) is 11.4 Å². The highest BCUT2D eigenvalue weighted by Crippen LogP contribution is 2.27. The Labute approximate surface area is 114 Å². The lowest BCUT2D eigenvalue weighted by atomic mass is 10.2. The molecule has 0 aromatic heterocycles. The van der Waals surface area contributed by atoms with Crippen LogP contribution in [-0.2, 0) is 16.6 Å². The third-order valence-corrected chi connectivity index (χ3v) is 4.45. The fourth-order valence-corrected chi connectivity index (χ4v) is 2.84. The fraction of sp³-hybridized carbons (Fsp3) is 0.385. The number of hydrogen-bond donors (Lipinski definition) is 1. The van der Waals surface area contributed by atoms with Gasteiger partial charge in [0, 0.05) is 13.6 Å². The van der Waals surface area contributed by atoms with Gasteiger partial charge in [-0.3, -0.25) is 0 Å². The molecular weight excluding hydrogens is 264 g/mol. The first kappa shape index (κ1) is 15.5. The number of ether oxygens (including phenoxy) is 1. The molecule has 0 bridgehead atoms. The maximum Gasteiger partial charge on any atom is 0.247 e. The average molecular weight is 282 g/mol. The average Bonchev–Trinajstić information content (AvgIpc) is 2.39. The summed E-state index contributed by atoms with van der Waals surface area (Å²) in [6, 6.07) is 4.98. The van der Waals surface area contributed by atoms with Gasteiger partial charge < -0.3 is 10.1 Å². The lowest BCUT2D eigenvalue weighted by Crippen LogP contribution is -2.27. The van der Waals surface area contributed by atoms with Gasteiger partial charge in [-0.15, -0.1) is 6.42 Å². The topological polar surface area (TPSA) is 58.6 Å². The molecule has 0 spiro atoms. The second-order valence-corrected chi connectivity index (χ2v) is 5.99. The first-order valence-electron chi connectivity index (χ1n) is 5.68. The molecule has 1 aromatic carbocycles. The van der Waals surface area contributed by atoms with Crippen LogP contribution in [0.5, 0.6) is 5.75 Å². The van der Waals surface area contributed by atoms with Gasteiger partial charge in [-0.05, 0) is 24.7 Å². The highest BCUT2D eigenvalue weighted by Gasteiger charge is 2.24. The quantitative estimate of drug-likeness (QED) is 0.779. The Hall–Kier alpha value is -1.55. The Bertz CT molecular complexity index is 576. The van der Waals surface area contributed by atoms with Gasteiger partial charge in [-0.25, -0.2) is 8.42 Å². The molecule has 0 saturated carbocycles. The molecule has 0 aliphatic rings. The number of terminal acetylenes is 1. The Morgan fingerprint density at radius 3 is 2.68 bits per heavy atom. The van der Waals surface area contributed by atoms with Crippen molar-refractivity contribution < 1.29 is 13.2 Å². The minimum atomic E-state index is -3.63. The summed E-state index contributed by atoms with van der Waals surface area (Å²) in [5.74, 6) is 2.62. The van der Waals surface area contributed by atoms with E-state index in [1.165, 1.54) is 20.2 Å². The van der Waals surface area contributed by atoms with Crippen molar-refractivity contribution in [2.24, 2.45) is 0 Å². The molecule has 0 aliphatic heterocycles. The van der Waals surface area contributed by atoms with Crippen molar-refractivity contribution in [1.82, 2.24) is 9.62 Å². The monoisotopic (exact) mass is 282 g/mol. The lowest BCUT2D eigenvalue weighted by Gasteiger charge is -2.17. The van der Waals surface area contributed by atoms with E-state index in [9.17, 15) is 8.42 Å². The third-order valence-electron chi connectivity index (χ3n) is 2.61. The van der Waals surface area contributed by atoms with Gasteiger partial charge in [-0.2, -0.15) is 4.31 Å². The fourth-order valence-electron chi connectivity index (χ4n) is 1.62. The van der Waals surface area contributed by atoms with Crippen molar-refractivity contribution in [3.05, 3.63) is 23.8 Å². The van der Waals surface area contributed by atoms with Crippen LogP contribution in [0, 0.1) is 12.3 Å². The number of benzene rings is 1. The van der Waals surface area contributed by atoms with Gasteiger partial charge in [0.05, 0.1) is 13.7 Å². The highest BCUT2D eigenvalue weighted by atomic mass is 32.2. The van der Waals surface area contributed by atoms with E-state index in [1.54, 1.807) is 12.1 Å². The zero-order chi connectivity index (χ0) is 14.5. The maximum atomic E-state index is 12.3. The van der Waals surface area contributed by atoms with Gasteiger partial charge in [0.2, 0.25) is 10.0 Å². The molecule has 0 aliphatic carbocycles.